The smallest absolute Gasteiger partial charge is 0.0568 e. The highest BCUT2D eigenvalue weighted by molar-refractivity contribution is 4.76. The second-order valence-electron chi connectivity index (χ2n) is 6.02. The summed E-state index contributed by atoms with van der Waals surface area (Å²) < 4.78 is 0. The Hall–Kier alpha value is -0.0400. The molecule has 1 N–H and O–H groups in total. The Bertz CT molecular complexity index is 168. The standard InChI is InChI=1S/C14H28O/c1-4-14(2,3)11-10-13(15)12-8-6-5-7-9-12/h12-13,15H,4-11H2,1-3H3. The van der Waals surface area contributed by atoms with E-state index in [2.05, 4.69) is 20.8 Å². The monoisotopic (exact) mass is 212 g/mol. The van der Waals surface area contributed by atoms with Crippen LogP contribution in [-0.4, -0.2) is 11.2 Å². The van der Waals surface area contributed by atoms with E-state index >= 15 is 0 Å². The van der Waals surface area contributed by atoms with E-state index in [1.165, 1.54) is 44.9 Å². The predicted octanol–water partition coefficient (Wildman–Crippen LogP) is 4.14. The molecule has 0 bridgehead atoms. The molecule has 0 spiro atoms. The van der Waals surface area contributed by atoms with Crippen molar-refractivity contribution in [2.75, 3.05) is 0 Å². The first-order valence-electron chi connectivity index (χ1n) is 6.73. The zero-order chi connectivity index (χ0) is 11.3. The summed E-state index contributed by atoms with van der Waals surface area (Å²) in [6.45, 7) is 6.86. The second kappa shape index (κ2) is 5.89. The molecule has 1 fully saturated rings. The normalized spacial score (nSPS) is 21.6. The number of aliphatic hydroxyl groups excluding tert-OH is 1. The van der Waals surface area contributed by atoms with Crippen LogP contribution in [0.3, 0.4) is 0 Å². The molecule has 1 nitrogen and oxygen atoms in total. The van der Waals surface area contributed by atoms with E-state index in [1.807, 2.05) is 0 Å². The van der Waals surface area contributed by atoms with Gasteiger partial charge >= 0.3 is 0 Å². The van der Waals surface area contributed by atoms with Crippen molar-refractivity contribution in [2.45, 2.75) is 78.2 Å². The Morgan fingerprint density at radius 1 is 1.20 bits per heavy atom. The van der Waals surface area contributed by atoms with Gasteiger partial charge in [0.15, 0.2) is 0 Å². The third-order valence-corrected chi connectivity index (χ3v) is 4.27. The van der Waals surface area contributed by atoms with Gasteiger partial charge in [0.2, 0.25) is 0 Å². The number of hydrogen-bond acceptors (Lipinski definition) is 1. The summed E-state index contributed by atoms with van der Waals surface area (Å²) in [7, 11) is 0. The van der Waals surface area contributed by atoms with Crippen LogP contribution in [0.4, 0.5) is 0 Å². The van der Waals surface area contributed by atoms with Crippen molar-refractivity contribution >= 4 is 0 Å². The van der Waals surface area contributed by atoms with Crippen molar-refractivity contribution in [1.82, 2.24) is 0 Å². The molecular formula is C14H28O. The van der Waals surface area contributed by atoms with E-state index in [4.69, 9.17) is 0 Å². The van der Waals surface area contributed by atoms with Crippen LogP contribution in [-0.2, 0) is 0 Å². The molecule has 0 heterocycles. The number of aliphatic hydroxyl groups is 1. The van der Waals surface area contributed by atoms with Gasteiger partial charge in [-0.05, 0) is 37.0 Å². The maximum Gasteiger partial charge on any atom is 0.0568 e. The molecule has 1 heteroatoms. The Morgan fingerprint density at radius 2 is 1.80 bits per heavy atom. The molecule has 1 aliphatic rings. The summed E-state index contributed by atoms with van der Waals surface area (Å²) in [6, 6.07) is 0. The third kappa shape index (κ3) is 4.55. The van der Waals surface area contributed by atoms with Crippen LogP contribution in [0.5, 0.6) is 0 Å². The maximum atomic E-state index is 10.1. The lowest BCUT2D eigenvalue weighted by atomic mass is 9.79. The number of rotatable bonds is 5. The van der Waals surface area contributed by atoms with Crippen LogP contribution in [0, 0.1) is 11.3 Å². The van der Waals surface area contributed by atoms with Crippen molar-refractivity contribution < 1.29 is 5.11 Å². The molecule has 0 aromatic heterocycles. The van der Waals surface area contributed by atoms with Gasteiger partial charge in [-0.15, -0.1) is 0 Å². The Balaban J connectivity index is 2.25. The van der Waals surface area contributed by atoms with Gasteiger partial charge in [-0.1, -0.05) is 46.5 Å². The van der Waals surface area contributed by atoms with Gasteiger partial charge < -0.3 is 5.11 Å². The Labute approximate surface area is 95.3 Å². The average Bonchev–Trinajstić information content (AvgIpc) is 2.27. The molecule has 0 aliphatic heterocycles. The highest BCUT2D eigenvalue weighted by Crippen LogP contribution is 2.32. The molecule has 0 aromatic rings. The SMILES string of the molecule is CCC(C)(C)CCC(O)C1CCCCC1. The van der Waals surface area contributed by atoms with Gasteiger partial charge in [0.1, 0.15) is 0 Å². The van der Waals surface area contributed by atoms with Crippen LogP contribution >= 0.6 is 0 Å². The van der Waals surface area contributed by atoms with Crippen LogP contribution in [0.15, 0.2) is 0 Å². The van der Waals surface area contributed by atoms with Gasteiger partial charge in [-0.2, -0.15) is 0 Å². The molecule has 0 radical (unpaired) electrons. The largest absolute Gasteiger partial charge is 0.393 e. The fourth-order valence-electron chi connectivity index (χ4n) is 2.47. The van der Waals surface area contributed by atoms with Gasteiger partial charge in [-0.25, -0.2) is 0 Å². The minimum atomic E-state index is -0.0314. The molecule has 0 saturated heterocycles. The summed E-state index contributed by atoms with van der Waals surface area (Å²) in [6.07, 6.45) is 9.91. The van der Waals surface area contributed by atoms with Crippen molar-refractivity contribution in [3.63, 3.8) is 0 Å². The summed E-state index contributed by atoms with van der Waals surface area (Å²) in [5.41, 5.74) is 0.412. The van der Waals surface area contributed by atoms with Gasteiger partial charge in [0, 0.05) is 0 Å². The minimum Gasteiger partial charge on any atom is -0.393 e. The lowest BCUT2D eigenvalue weighted by Gasteiger charge is -2.29. The van der Waals surface area contributed by atoms with Crippen molar-refractivity contribution in [2.24, 2.45) is 11.3 Å². The summed E-state index contributed by atoms with van der Waals surface area (Å²) >= 11 is 0. The summed E-state index contributed by atoms with van der Waals surface area (Å²) in [5.74, 6) is 0.603. The quantitative estimate of drug-likeness (QED) is 0.726. The van der Waals surface area contributed by atoms with E-state index in [0.717, 1.165) is 6.42 Å². The third-order valence-electron chi connectivity index (χ3n) is 4.27. The van der Waals surface area contributed by atoms with E-state index in [9.17, 15) is 5.11 Å². The maximum absolute atomic E-state index is 10.1. The molecule has 15 heavy (non-hydrogen) atoms. The van der Waals surface area contributed by atoms with Crippen molar-refractivity contribution in [3.8, 4) is 0 Å². The molecule has 1 rings (SSSR count). The molecule has 90 valence electrons. The van der Waals surface area contributed by atoms with Crippen LogP contribution < -0.4 is 0 Å². The predicted molar refractivity (Wildman–Crippen MR) is 65.9 cm³/mol. The van der Waals surface area contributed by atoms with E-state index in [0.29, 0.717) is 11.3 Å². The van der Waals surface area contributed by atoms with Gasteiger partial charge in [0.05, 0.1) is 6.10 Å². The van der Waals surface area contributed by atoms with E-state index in [-0.39, 0.29) is 6.10 Å². The zero-order valence-corrected chi connectivity index (χ0v) is 10.8. The molecule has 1 aliphatic carbocycles. The second-order valence-corrected chi connectivity index (χ2v) is 6.02. The fourth-order valence-corrected chi connectivity index (χ4v) is 2.47. The van der Waals surface area contributed by atoms with Crippen LogP contribution in [0.1, 0.15) is 72.1 Å². The van der Waals surface area contributed by atoms with Gasteiger partial charge in [-0.3, -0.25) is 0 Å². The molecule has 1 unspecified atom stereocenters. The first kappa shape index (κ1) is 13.0. The van der Waals surface area contributed by atoms with E-state index < -0.39 is 0 Å². The first-order chi connectivity index (χ1) is 7.05. The first-order valence-corrected chi connectivity index (χ1v) is 6.73. The zero-order valence-electron chi connectivity index (χ0n) is 10.8. The topological polar surface area (TPSA) is 20.2 Å². The minimum absolute atomic E-state index is 0.0314. The average molecular weight is 212 g/mol. The lowest BCUT2D eigenvalue weighted by Crippen LogP contribution is -2.24. The Morgan fingerprint density at radius 3 is 2.33 bits per heavy atom. The lowest BCUT2D eigenvalue weighted by molar-refractivity contribution is 0.0647. The van der Waals surface area contributed by atoms with Gasteiger partial charge in [0.25, 0.3) is 0 Å². The highest BCUT2D eigenvalue weighted by Gasteiger charge is 2.24. The van der Waals surface area contributed by atoms with Crippen molar-refractivity contribution in [3.05, 3.63) is 0 Å². The highest BCUT2D eigenvalue weighted by atomic mass is 16.3. The van der Waals surface area contributed by atoms with E-state index in [1.54, 1.807) is 0 Å². The molecule has 0 amide bonds. The molecular weight excluding hydrogens is 184 g/mol. The molecule has 0 aromatic carbocycles. The fraction of sp³-hybridized carbons (Fsp3) is 1.00. The Kier molecular flexibility index (Phi) is 5.11. The van der Waals surface area contributed by atoms with Crippen LogP contribution in [0.2, 0.25) is 0 Å². The van der Waals surface area contributed by atoms with Crippen LogP contribution in [0.25, 0.3) is 0 Å². The van der Waals surface area contributed by atoms with Crippen molar-refractivity contribution in [1.29, 1.82) is 0 Å². The number of hydrogen-bond donors (Lipinski definition) is 1. The summed E-state index contributed by atoms with van der Waals surface area (Å²) in [4.78, 5) is 0. The molecule has 1 saturated carbocycles. The molecule has 1 atom stereocenters. The summed E-state index contributed by atoms with van der Waals surface area (Å²) in [5, 5.41) is 10.1.